The van der Waals surface area contributed by atoms with Crippen LogP contribution in [0.3, 0.4) is 0 Å². The quantitative estimate of drug-likeness (QED) is 0.372. The van der Waals surface area contributed by atoms with Crippen LogP contribution in [0.5, 0.6) is 0 Å². The van der Waals surface area contributed by atoms with E-state index >= 15 is 0 Å². The summed E-state index contributed by atoms with van der Waals surface area (Å²) in [4.78, 5) is 20.9. The third-order valence-corrected chi connectivity index (χ3v) is 9.13. The zero-order valence-corrected chi connectivity index (χ0v) is 26.6. The zero-order valence-electron chi connectivity index (χ0n) is 24.5. The van der Waals surface area contributed by atoms with Crippen LogP contribution in [-0.2, 0) is 20.4 Å². The van der Waals surface area contributed by atoms with Crippen molar-refractivity contribution in [2.24, 2.45) is 0 Å². The van der Waals surface area contributed by atoms with Gasteiger partial charge in [0.25, 0.3) is 0 Å². The summed E-state index contributed by atoms with van der Waals surface area (Å²) in [6.07, 6.45) is 6.74. The van der Waals surface area contributed by atoms with Gasteiger partial charge in [-0.2, -0.15) is 0 Å². The molecule has 2 unspecified atom stereocenters. The average Bonchev–Trinajstić information content (AvgIpc) is 3.60. The lowest BCUT2D eigenvalue weighted by Gasteiger charge is -2.24. The van der Waals surface area contributed by atoms with Crippen LogP contribution in [0.15, 0.2) is 42.5 Å². The van der Waals surface area contributed by atoms with E-state index in [-0.39, 0.29) is 35.4 Å². The number of fused-ring (bicyclic) bond motifs is 4. The van der Waals surface area contributed by atoms with Gasteiger partial charge < -0.3 is 48.3 Å². The molecular weight excluding hydrogens is 599 g/mol. The van der Waals surface area contributed by atoms with E-state index in [0.29, 0.717) is 11.8 Å². The first-order valence-corrected chi connectivity index (χ1v) is 13.9. The molecule has 0 radical (unpaired) electrons. The summed E-state index contributed by atoms with van der Waals surface area (Å²) in [5, 5.41) is 0. The largest absolute Gasteiger partial charge is 1.00 e. The molecule has 7 heteroatoms. The molecule has 0 N–H and O–H groups in total. The Bertz CT molecular complexity index is 1230. The first kappa shape index (κ1) is 29.9. The van der Waals surface area contributed by atoms with Crippen molar-refractivity contribution in [3.8, 4) is 0 Å². The maximum absolute atomic E-state index is 11.2. The van der Waals surface area contributed by atoms with Gasteiger partial charge in [-0.05, 0) is 81.8 Å². The third kappa shape index (κ3) is 5.86. The highest BCUT2D eigenvalue weighted by molar-refractivity contribution is 5.73. The Kier molecular flexibility index (Phi) is 9.03. The topological polar surface area (TPSA) is 39.3 Å². The third-order valence-electron chi connectivity index (χ3n) is 9.13. The van der Waals surface area contributed by atoms with Crippen LogP contribution in [0.1, 0.15) is 41.5 Å². The van der Waals surface area contributed by atoms with Crippen molar-refractivity contribution in [1.29, 1.82) is 0 Å². The first-order chi connectivity index (χ1) is 18.1. The van der Waals surface area contributed by atoms with Crippen LogP contribution in [0.4, 0.5) is 11.4 Å². The van der Waals surface area contributed by atoms with Crippen molar-refractivity contribution < 1.29 is 33.5 Å². The fourth-order valence-electron chi connectivity index (χ4n) is 7.30. The fourth-order valence-corrected chi connectivity index (χ4v) is 7.30. The molecule has 0 bridgehead atoms. The molecule has 6 nitrogen and oxygen atoms in total. The summed E-state index contributed by atoms with van der Waals surface area (Å²) >= 11 is 0. The molecular formula is C32H44IN4O2-. The van der Waals surface area contributed by atoms with Crippen LogP contribution in [-0.4, -0.2) is 90.3 Å². The number of hydrogen-bond acceptors (Lipinski definition) is 6. The van der Waals surface area contributed by atoms with Crippen LogP contribution in [0, 0.1) is 6.92 Å². The monoisotopic (exact) mass is 643 g/mol. The Balaban J connectivity index is 0.000000184. The normalized spacial score (nSPS) is 25.7. The number of carbonyl (C=O) groups excluding carboxylic acids is 1. The number of esters is 1. The van der Waals surface area contributed by atoms with Crippen LogP contribution in [0.25, 0.3) is 6.08 Å². The molecule has 0 aromatic heterocycles. The van der Waals surface area contributed by atoms with Crippen molar-refractivity contribution >= 4 is 23.4 Å². The fraction of sp³-hybridized carbons (Fsp3) is 0.531. The van der Waals surface area contributed by atoms with Gasteiger partial charge >= 0.3 is 5.97 Å². The molecule has 2 aromatic rings. The number of nitrogens with zero attached hydrogens (tertiary/aromatic N) is 4. The molecule has 4 aliphatic heterocycles. The van der Waals surface area contributed by atoms with Gasteiger partial charge in [-0.25, -0.2) is 0 Å². The maximum Gasteiger partial charge on any atom is 0.309 e. The van der Waals surface area contributed by atoms with Crippen molar-refractivity contribution in [3.05, 3.63) is 64.7 Å². The first-order valence-electron chi connectivity index (χ1n) is 13.9. The maximum atomic E-state index is 11.2. The molecule has 6 rings (SSSR count). The van der Waals surface area contributed by atoms with E-state index in [1.165, 1.54) is 62.1 Å². The second-order valence-corrected chi connectivity index (χ2v) is 12.2. The minimum Gasteiger partial charge on any atom is -1.00 e. The predicted molar refractivity (Wildman–Crippen MR) is 157 cm³/mol. The molecule has 4 aliphatic rings. The van der Waals surface area contributed by atoms with Crippen LogP contribution < -0.4 is 33.8 Å². The van der Waals surface area contributed by atoms with Crippen LogP contribution in [0.2, 0.25) is 0 Å². The molecule has 2 fully saturated rings. The SMILES string of the molecule is COC(=O)CC=Cc1ccc2c(c1)C1(CCN(C)C1)CN2C.Cc1ccc2c(c1)C1(CCN(C)C1)CN2C.[I-]. The van der Waals surface area contributed by atoms with Crippen molar-refractivity contribution in [2.45, 2.75) is 37.0 Å². The standard InChI is InChI=1S/C18H24N2O2.C14H20N2.HI/c1-19-10-9-18(12-19)13-20(2)16-8-7-14(11-15(16)18)5-4-6-17(21)22-3;1-11-4-5-13-12(8-11)14(10-16(13)3)6-7-15(2)9-14;/h4-5,7-8,11H,6,9-10,12-13H2,1-3H3;4-5,8H,6-7,9-10H2,1-3H3;1H/p-1. The van der Waals surface area contributed by atoms with E-state index in [0.717, 1.165) is 25.2 Å². The van der Waals surface area contributed by atoms with Crippen molar-refractivity contribution in [2.75, 3.05) is 84.4 Å². The second kappa shape index (κ2) is 11.8. The molecule has 2 aromatic carbocycles. The van der Waals surface area contributed by atoms with E-state index in [2.05, 4.69) is 95.8 Å². The Hall–Kier alpha value is -2.10. The Labute approximate surface area is 252 Å². The second-order valence-electron chi connectivity index (χ2n) is 12.2. The number of carbonyl (C=O) groups is 1. The molecule has 0 amide bonds. The van der Waals surface area contributed by atoms with E-state index in [1.807, 2.05) is 12.2 Å². The van der Waals surface area contributed by atoms with Gasteiger partial charge in [0, 0.05) is 62.5 Å². The molecule has 2 atom stereocenters. The van der Waals surface area contributed by atoms with Gasteiger partial charge in [-0.1, -0.05) is 35.9 Å². The molecule has 2 saturated heterocycles. The number of rotatable bonds is 3. The summed E-state index contributed by atoms with van der Waals surface area (Å²) in [5.41, 5.74) is 9.06. The molecule has 212 valence electrons. The highest BCUT2D eigenvalue weighted by Crippen LogP contribution is 2.47. The van der Waals surface area contributed by atoms with E-state index < -0.39 is 0 Å². The van der Waals surface area contributed by atoms with Gasteiger partial charge in [-0.3, -0.25) is 4.79 Å². The number of methoxy groups -OCH3 is 1. The highest BCUT2D eigenvalue weighted by atomic mass is 127. The molecule has 39 heavy (non-hydrogen) atoms. The number of anilines is 2. The molecule has 0 saturated carbocycles. The Morgan fingerprint density at radius 1 is 0.846 bits per heavy atom. The van der Waals surface area contributed by atoms with E-state index in [9.17, 15) is 4.79 Å². The van der Waals surface area contributed by atoms with Gasteiger partial charge in [0.05, 0.1) is 13.5 Å². The lowest BCUT2D eigenvalue weighted by Crippen LogP contribution is -3.00. The Morgan fingerprint density at radius 2 is 1.38 bits per heavy atom. The number of hydrogen-bond donors (Lipinski definition) is 0. The summed E-state index contributed by atoms with van der Waals surface area (Å²) in [6, 6.07) is 13.6. The minimum atomic E-state index is -0.203. The van der Waals surface area contributed by atoms with Gasteiger partial charge in [-0.15, -0.1) is 0 Å². The van der Waals surface area contributed by atoms with Crippen molar-refractivity contribution in [3.63, 3.8) is 0 Å². The number of aryl methyl sites for hydroxylation is 1. The van der Waals surface area contributed by atoms with Gasteiger partial charge in [0.15, 0.2) is 0 Å². The minimum absolute atomic E-state index is 0. The molecule has 4 heterocycles. The van der Waals surface area contributed by atoms with Crippen LogP contribution >= 0.6 is 0 Å². The average molecular weight is 644 g/mol. The summed E-state index contributed by atoms with van der Waals surface area (Å²) in [7, 11) is 10.3. The summed E-state index contributed by atoms with van der Waals surface area (Å²) in [6.45, 7) is 9.23. The smallest absolute Gasteiger partial charge is 0.309 e. The lowest BCUT2D eigenvalue weighted by atomic mass is 9.81. The number of halogens is 1. The van der Waals surface area contributed by atoms with Gasteiger partial charge in [0.1, 0.15) is 0 Å². The number of likely N-dealkylation sites (tertiary alicyclic amines) is 2. The van der Waals surface area contributed by atoms with E-state index in [4.69, 9.17) is 0 Å². The van der Waals surface area contributed by atoms with Gasteiger partial charge in [0.2, 0.25) is 0 Å². The Morgan fingerprint density at radius 3 is 1.90 bits per heavy atom. The lowest BCUT2D eigenvalue weighted by molar-refractivity contribution is -0.139. The molecule has 2 spiro atoms. The number of likely N-dealkylation sites (N-methyl/N-ethyl adjacent to an activating group) is 4. The molecule has 0 aliphatic carbocycles. The predicted octanol–water partition coefficient (Wildman–Crippen LogP) is 1.31. The summed E-state index contributed by atoms with van der Waals surface area (Å²) in [5.74, 6) is -0.203. The zero-order chi connectivity index (χ0) is 27.1. The summed E-state index contributed by atoms with van der Waals surface area (Å²) < 4.78 is 4.66. The number of benzene rings is 2. The highest BCUT2D eigenvalue weighted by Gasteiger charge is 2.46. The van der Waals surface area contributed by atoms with E-state index in [1.54, 1.807) is 5.56 Å². The van der Waals surface area contributed by atoms with Crippen molar-refractivity contribution in [1.82, 2.24) is 9.80 Å². The number of ether oxygens (including phenoxy) is 1.